The summed E-state index contributed by atoms with van der Waals surface area (Å²) in [6.07, 6.45) is -16.1. The summed E-state index contributed by atoms with van der Waals surface area (Å²) in [5, 5.41) is 0. The smallest absolute Gasteiger partial charge is 0.336 e. The van der Waals surface area contributed by atoms with E-state index in [2.05, 4.69) is 0 Å². The fraction of sp³-hybridized carbons (Fsp3) is 1.00. The molecule has 2 nitrogen and oxygen atoms in total. The Labute approximate surface area is 174 Å². The molecule has 0 aromatic heterocycles. The Kier molecular flexibility index (Phi) is 7.52. The first kappa shape index (κ1) is 33.7. The lowest BCUT2D eigenvalue weighted by atomic mass is 9.98. The van der Waals surface area contributed by atoms with Crippen molar-refractivity contribution in [2.75, 3.05) is 0 Å². The van der Waals surface area contributed by atoms with Gasteiger partial charge in [0.15, 0.2) is 0 Å². The molecule has 0 fully saturated rings. The van der Waals surface area contributed by atoms with E-state index in [-0.39, 0.29) is 0 Å². The average Bonchev–Trinajstić information content (AvgIpc) is 2.58. The number of alkyl halides is 22. The van der Waals surface area contributed by atoms with Gasteiger partial charge in [-0.15, -0.1) is 0 Å². The van der Waals surface area contributed by atoms with Gasteiger partial charge in [0.25, 0.3) is 0 Å². The van der Waals surface area contributed by atoms with E-state index in [1.807, 2.05) is 0 Å². The van der Waals surface area contributed by atoms with Gasteiger partial charge >= 0.3 is 66.6 Å². The van der Waals surface area contributed by atoms with Crippen LogP contribution in [0.5, 0.6) is 0 Å². The van der Waals surface area contributed by atoms with Crippen molar-refractivity contribution in [1.29, 1.82) is 0 Å². The van der Waals surface area contributed by atoms with Crippen LogP contribution in [0.2, 0.25) is 0 Å². The number of hydrogen-bond donors (Lipinski definition) is 1. The van der Waals surface area contributed by atoms with Gasteiger partial charge in [-0.05, 0) is 0 Å². The SMILES string of the molecule is O=P(O)(C(F)(F)C(F)(F)C(F)(F)C(F)(F)F)C(F)(F)C(F)(F)C(F)(F)C(F)(F)C(F)(F)C(F)(F)F. The van der Waals surface area contributed by atoms with Gasteiger partial charge in [0.2, 0.25) is 0 Å². The van der Waals surface area contributed by atoms with E-state index >= 15 is 0 Å². The first-order chi connectivity index (χ1) is 14.5. The molecule has 0 bridgehead atoms. The highest BCUT2D eigenvalue weighted by Crippen LogP contribution is 2.78. The summed E-state index contributed by atoms with van der Waals surface area (Å²) in [5.41, 5.74) is -17.9. The fourth-order valence-corrected chi connectivity index (χ4v) is 3.08. The summed E-state index contributed by atoms with van der Waals surface area (Å²) >= 11 is 0. The lowest BCUT2D eigenvalue weighted by molar-refractivity contribution is -0.434. The molecule has 0 rings (SSSR count). The van der Waals surface area contributed by atoms with Gasteiger partial charge in [-0.2, -0.15) is 96.6 Å². The topological polar surface area (TPSA) is 37.3 Å². The molecular weight excluding hydrogens is 601 g/mol. The van der Waals surface area contributed by atoms with Crippen LogP contribution >= 0.6 is 7.37 Å². The normalized spacial score (nSPS) is 18.5. The standard InChI is InChI=1S/C10HF22O2P/c11-1(12,3(15,16)7(23,24)25)2(13,14)5(19,20)9(29,30)35(33,34)10(31,32)6(21,22)4(17,18)8(26,27)28/h(H,33,34). The van der Waals surface area contributed by atoms with Crippen molar-refractivity contribution < 1.29 is 106 Å². The predicted molar refractivity (Wildman–Crippen MR) is 61.5 cm³/mol. The molecule has 0 aromatic rings. The summed E-state index contributed by atoms with van der Waals surface area (Å²) in [6.45, 7) is 0. The van der Waals surface area contributed by atoms with Gasteiger partial charge in [-0.3, -0.25) is 4.57 Å². The van der Waals surface area contributed by atoms with Crippen molar-refractivity contribution in [1.82, 2.24) is 0 Å². The van der Waals surface area contributed by atoms with Crippen LogP contribution < -0.4 is 0 Å². The number of rotatable bonds is 8. The van der Waals surface area contributed by atoms with Crippen molar-refractivity contribution in [2.45, 2.75) is 59.2 Å². The summed E-state index contributed by atoms with van der Waals surface area (Å²) in [6, 6.07) is 0. The zero-order valence-corrected chi connectivity index (χ0v) is 15.5. The molecule has 0 amide bonds. The second-order valence-electron chi connectivity index (χ2n) is 6.10. The molecular formula is C10HF22O2P. The van der Waals surface area contributed by atoms with Crippen LogP contribution in [0.15, 0.2) is 0 Å². The highest BCUT2D eigenvalue weighted by molar-refractivity contribution is 7.60. The molecule has 0 radical (unpaired) electrons. The van der Waals surface area contributed by atoms with Gasteiger partial charge in [0.05, 0.1) is 0 Å². The average molecular weight is 602 g/mol. The van der Waals surface area contributed by atoms with E-state index in [0.717, 1.165) is 0 Å². The van der Waals surface area contributed by atoms with Crippen LogP contribution in [0.25, 0.3) is 0 Å². The summed E-state index contributed by atoms with van der Waals surface area (Å²) in [4.78, 5) is 8.27. The fourth-order valence-electron chi connectivity index (χ4n) is 1.69. The Morgan fingerprint density at radius 2 is 0.514 bits per heavy atom. The molecule has 0 saturated carbocycles. The molecule has 0 heterocycles. The first-order valence-electron chi connectivity index (χ1n) is 6.99. The van der Waals surface area contributed by atoms with Crippen LogP contribution in [0.1, 0.15) is 0 Å². The van der Waals surface area contributed by atoms with Crippen molar-refractivity contribution in [2.24, 2.45) is 0 Å². The van der Waals surface area contributed by atoms with Crippen LogP contribution in [-0.2, 0) is 4.57 Å². The Morgan fingerprint density at radius 3 is 0.743 bits per heavy atom. The minimum atomic E-state index is -10.3. The molecule has 1 atom stereocenters. The maximum Gasteiger partial charge on any atom is 0.460 e. The van der Waals surface area contributed by atoms with Gasteiger partial charge in [-0.25, -0.2) is 0 Å². The number of hydrogen-bond acceptors (Lipinski definition) is 1. The summed E-state index contributed by atoms with van der Waals surface area (Å²) in [7, 11) is -10.3. The minimum Gasteiger partial charge on any atom is -0.336 e. The zero-order chi connectivity index (χ0) is 29.5. The zero-order valence-electron chi connectivity index (χ0n) is 14.6. The van der Waals surface area contributed by atoms with E-state index < -0.39 is 66.6 Å². The maximum atomic E-state index is 13.5. The third kappa shape index (κ3) is 3.90. The Balaban J connectivity index is 7.19. The molecule has 0 saturated heterocycles. The van der Waals surface area contributed by atoms with Crippen molar-refractivity contribution >= 4 is 7.37 Å². The molecule has 1 unspecified atom stereocenters. The second-order valence-corrected chi connectivity index (χ2v) is 8.38. The number of halogens is 22. The summed E-state index contributed by atoms with van der Waals surface area (Å²) in [5.74, 6) is -52.9. The second kappa shape index (κ2) is 7.83. The van der Waals surface area contributed by atoms with Crippen LogP contribution in [0, 0.1) is 0 Å². The highest BCUT2D eigenvalue weighted by Gasteiger charge is 2.97. The molecule has 25 heteroatoms. The lowest BCUT2D eigenvalue weighted by Crippen LogP contribution is -2.71. The van der Waals surface area contributed by atoms with E-state index in [0.29, 0.717) is 0 Å². The van der Waals surface area contributed by atoms with Crippen molar-refractivity contribution in [3.05, 3.63) is 0 Å². The van der Waals surface area contributed by atoms with Crippen molar-refractivity contribution in [3.8, 4) is 0 Å². The lowest BCUT2D eigenvalue weighted by Gasteiger charge is -2.42. The van der Waals surface area contributed by atoms with Gasteiger partial charge in [0, 0.05) is 0 Å². The largest absolute Gasteiger partial charge is 0.460 e. The van der Waals surface area contributed by atoms with E-state index in [1.165, 1.54) is 0 Å². The first-order valence-corrected chi connectivity index (χ1v) is 8.65. The highest BCUT2D eigenvalue weighted by atomic mass is 31.2. The van der Waals surface area contributed by atoms with Crippen LogP contribution in [0.3, 0.4) is 0 Å². The third-order valence-electron chi connectivity index (χ3n) is 3.81. The quantitative estimate of drug-likeness (QED) is 0.233. The van der Waals surface area contributed by atoms with Gasteiger partial charge in [0.1, 0.15) is 0 Å². The third-order valence-corrected chi connectivity index (χ3v) is 5.89. The van der Waals surface area contributed by atoms with E-state index in [9.17, 15) is 101 Å². The molecule has 0 aliphatic rings. The molecule has 212 valence electrons. The molecule has 1 N–H and O–H groups in total. The molecule has 0 aliphatic heterocycles. The molecule has 0 aliphatic carbocycles. The van der Waals surface area contributed by atoms with E-state index in [4.69, 9.17) is 4.89 Å². The Morgan fingerprint density at radius 1 is 0.343 bits per heavy atom. The minimum absolute atomic E-state index is 8.01. The molecule has 35 heavy (non-hydrogen) atoms. The Hall–Kier alpha value is -1.35. The monoisotopic (exact) mass is 602 g/mol. The Bertz CT molecular complexity index is 847. The van der Waals surface area contributed by atoms with E-state index in [1.54, 1.807) is 0 Å². The van der Waals surface area contributed by atoms with Crippen LogP contribution in [-0.4, -0.2) is 64.1 Å². The van der Waals surface area contributed by atoms with Crippen LogP contribution in [0.4, 0.5) is 96.6 Å². The molecule has 0 spiro atoms. The maximum absolute atomic E-state index is 13.5. The van der Waals surface area contributed by atoms with Crippen molar-refractivity contribution in [3.63, 3.8) is 0 Å². The molecule has 0 aromatic carbocycles. The summed E-state index contributed by atoms with van der Waals surface area (Å²) < 4.78 is 291. The van der Waals surface area contributed by atoms with Gasteiger partial charge < -0.3 is 4.89 Å². The predicted octanol–water partition coefficient (Wildman–Crippen LogP) is 7.38. The van der Waals surface area contributed by atoms with Gasteiger partial charge in [-0.1, -0.05) is 0 Å².